The van der Waals surface area contributed by atoms with Gasteiger partial charge < -0.3 is 10.1 Å². The Morgan fingerprint density at radius 2 is 2.20 bits per heavy atom. The number of aromatic nitrogens is 2. The second kappa shape index (κ2) is 7.55. The van der Waals surface area contributed by atoms with Gasteiger partial charge in [-0.25, -0.2) is 0 Å². The van der Waals surface area contributed by atoms with Gasteiger partial charge in [0.15, 0.2) is 5.78 Å². The van der Waals surface area contributed by atoms with E-state index in [9.17, 15) is 4.79 Å². The van der Waals surface area contributed by atoms with Crippen LogP contribution in [0.4, 0.5) is 0 Å². The van der Waals surface area contributed by atoms with Gasteiger partial charge >= 0.3 is 0 Å². The van der Waals surface area contributed by atoms with Gasteiger partial charge in [0.25, 0.3) is 0 Å². The highest BCUT2D eigenvalue weighted by molar-refractivity contribution is 5.81. The van der Waals surface area contributed by atoms with Crippen LogP contribution in [0.25, 0.3) is 0 Å². The number of nitrogens with zero attached hydrogens (tertiary/aromatic N) is 2. The van der Waals surface area contributed by atoms with Crippen LogP contribution in [0.1, 0.15) is 38.1 Å². The zero-order valence-corrected chi connectivity index (χ0v) is 12.5. The molecule has 1 aromatic heterocycles. The first-order valence-corrected chi connectivity index (χ1v) is 7.62. The number of carbonyl (C=O) groups excluding carboxylic acids is 1. The van der Waals surface area contributed by atoms with Gasteiger partial charge in [-0.05, 0) is 45.3 Å². The van der Waals surface area contributed by atoms with E-state index in [-0.39, 0.29) is 18.5 Å². The van der Waals surface area contributed by atoms with E-state index >= 15 is 0 Å². The van der Waals surface area contributed by atoms with Crippen LogP contribution in [0.2, 0.25) is 0 Å². The summed E-state index contributed by atoms with van der Waals surface area (Å²) in [4.78, 5) is 12.0. The van der Waals surface area contributed by atoms with Crippen LogP contribution in [0.15, 0.2) is 6.07 Å². The normalized spacial score (nSPS) is 16.5. The predicted molar refractivity (Wildman–Crippen MR) is 77.8 cm³/mol. The van der Waals surface area contributed by atoms with Crippen LogP contribution in [0, 0.1) is 0 Å². The Balaban J connectivity index is 1.82. The highest BCUT2D eigenvalue weighted by Crippen LogP contribution is 2.10. The molecule has 2 rings (SSSR count). The molecule has 0 spiro atoms. The first-order valence-electron chi connectivity index (χ1n) is 7.62. The fraction of sp³-hybridized carbons (Fsp3) is 0.733. The molecule has 2 heterocycles. The molecule has 0 aliphatic carbocycles. The predicted octanol–water partition coefficient (Wildman–Crippen LogP) is 1.35. The van der Waals surface area contributed by atoms with Crippen LogP contribution >= 0.6 is 0 Å². The molecule has 5 nitrogen and oxygen atoms in total. The third kappa shape index (κ3) is 4.15. The summed E-state index contributed by atoms with van der Waals surface area (Å²) in [5.74, 6) is 0.140. The number of nitrogens with one attached hydrogen (secondary N) is 1. The van der Waals surface area contributed by atoms with Gasteiger partial charge in [0.05, 0.1) is 18.2 Å². The SMILES string of the molecule is CCc1cc(CC(=O)COC2CCNCC2)n(CC)n1. The maximum Gasteiger partial charge on any atom is 0.164 e. The lowest BCUT2D eigenvalue weighted by Gasteiger charge is -2.22. The first kappa shape index (κ1) is 15.2. The maximum atomic E-state index is 12.0. The van der Waals surface area contributed by atoms with Crippen molar-refractivity contribution in [2.45, 2.75) is 52.2 Å². The largest absolute Gasteiger partial charge is 0.370 e. The molecule has 0 amide bonds. The number of carbonyl (C=O) groups is 1. The summed E-state index contributed by atoms with van der Waals surface area (Å²) in [7, 11) is 0. The van der Waals surface area contributed by atoms with Gasteiger partial charge in [0, 0.05) is 12.2 Å². The Labute approximate surface area is 120 Å². The molecule has 1 aliphatic heterocycles. The molecule has 20 heavy (non-hydrogen) atoms. The third-order valence-electron chi connectivity index (χ3n) is 3.72. The molecule has 0 saturated carbocycles. The van der Waals surface area contributed by atoms with Gasteiger partial charge in [-0.3, -0.25) is 9.48 Å². The summed E-state index contributed by atoms with van der Waals surface area (Å²) < 4.78 is 7.62. The van der Waals surface area contributed by atoms with Gasteiger partial charge in [0.2, 0.25) is 0 Å². The van der Waals surface area contributed by atoms with Gasteiger partial charge in [-0.15, -0.1) is 0 Å². The molecule has 0 radical (unpaired) electrons. The Bertz CT molecular complexity index is 436. The molecule has 5 heteroatoms. The molecule has 1 saturated heterocycles. The number of rotatable bonds is 7. The summed E-state index contributed by atoms with van der Waals surface area (Å²) in [6, 6.07) is 2.03. The van der Waals surface area contributed by atoms with E-state index < -0.39 is 0 Å². The average Bonchev–Trinajstić information content (AvgIpc) is 2.88. The molecule has 0 atom stereocenters. The fourth-order valence-corrected chi connectivity index (χ4v) is 2.53. The molecule has 1 aromatic rings. The monoisotopic (exact) mass is 279 g/mol. The molecular weight excluding hydrogens is 254 g/mol. The number of Topliss-reactive ketones (excluding diaryl/α,β-unsaturated/α-hetero) is 1. The summed E-state index contributed by atoms with van der Waals surface area (Å²) in [5.41, 5.74) is 2.05. The van der Waals surface area contributed by atoms with Crippen molar-refractivity contribution in [2.24, 2.45) is 0 Å². The van der Waals surface area contributed by atoms with E-state index in [1.807, 2.05) is 17.7 Å². The molecule has 112 valence electrons. The van der Waals surface area contributed by atoms with Crippen LogP contribution in [0.3, 0.4) is 0 Å². The van der Waals surface area contributed by atoms with E-state index in [4.69, 9.17) is 4.74 Å². The van der Waals surface area contributed by atoms with Crippen LogP contribution in [-0.4, -0.2) is 41.4 Å². The van der Waals surface area contributed by atoms with Crippen LogP contribution < -0.4 is 5.32 Å². The molecule has 1 N–H and O–H groups in total. The smallest absolute Gasteiger partial charge is 0.164 e. The van der Waals surface area contributed by atoms with Gasteiger partial charge in [-0.1, -0.05) is 6.92 Å². The Kier molecular flexibility index (Phi) is 5.73. The van der Waals surface area contributed by atoms with E-state index in [0.29, 0.717) is 6.42 Å². The van der Waals surface area contributed by atoms with Crippen LogP contribution in [0.5, 0.6) is 0 Å². The zero-order chi connectivity index (χ0) is 14.4. The summed E-state index contributed by atoms with van der Waals surface area (Å²) in [5, 5.41) is 7.76. The molecule has 0 bridgehead atoms. The van der Waals surface area contributed by atoms with Crippen molar-refractivity contribution in [3.63, 3.8) is 0 Å². The quantitative estimate of drug-likeness (QED) is 0.818. The Morgan fingerprint density at radius 1 is 1.45 bits per heavy atom. The van der Waals surface area contributed by atoms with Gasteiger partial charge in [-0.2, -0.15) is 5.10 Å². The standard InChI is InChI=1S/C15H25N3O2/c1-3-12-9-13(18(4-2)17-12)10-14(19)11-20-15-5-7-16-8-6-15/h9,15-16H,3-8,10-11H2,1-2H3. The molecule has 1 aliphatic rings. The number of piperidine rings is 1. The lowest BCUT2D eigenvalue weighted by molar-refractivity contribution is -0.125. The van der Waals surface area contributed by atoms with Crippen LogP contribution in [-0.2, 0) is 28.9 Å². The number of ether oxygens (including phenoxy) is 1. The van der Waals surface area contributed by atoms with E-state index in [2.05, 4.69) is 17.3 Å². The molecule has 0 unspecified atom stereocenters. The summed E-state index contributed by atoms with van der Waals surface area (Å²) in [6.07, 6.45) is 3.56. The number of ketones is 1. The molecule has 0 aromatic carbocycles. The second-order valence-corrected chi connectivity index (χ2v) is 5.27. The van der Waals surface area contributed by atoms with E-state index in [1.54, 1.807) is 0 Å². The highest BCUT2D eigenvalue weighted by atomic mass is 16.5. The summed E-state index contributed by atoms with van der Waals surface area (Å²) in [6.45, 7) is 7.13. The Hall–Kier alpha value is -1.20. The van der Waals surface area contributed by atoms with E-state index in [0.717, 1.165) is 50.3 Å². The van der Waals surface area contributed by atoms with Crippen molar-refractivity contribution >= 4 is 5.78 Å². The highest BCUT2D eigenvalue weighted by Gasteiger charge is 2.16. The van der Waals surface area contributed by atoms with Gasteiger partial charge in [0.1, 0.15) is 6.61 Å². The third-order valence-corrected chi connectivity index (χ3v) is 3.72. The second-order valence-electron chi connectivity index (χ2n) is 5.27. The van der Waals surface area contributed by atoms with Crippen molar-refractivity contribution in [3.8, 4) is 0 Å². The maximum absolute atomic E-state index is 12.0. The van der Waals surface area contributed by atoms with Crippen molar-refractivity contribution in [1.82, 2.24) is 15.1 Å². The van der Waals surface area contributed by atoms with Crippen molar-refractivity contribution < 1.29 is 9.53 Å². The molecular formula is C15H25N3O2. The lowest BCUT2D eigenvalue weighted by atomic mass is 10.1. The molecule has 1 fully saturated rings. The Morgan fingerprint density at radius 3 is 2.85 bits per heavy atom. The minimum Gasteiger partial charge on any atom is -0.370 e. The van der Waals surface area contributed by atoms with E-state index in [1.165, 1.54) is 0 Å². The number of hydrogen-bond donors (Lipinski definition) is 1. The van der Waals surface area contributed by atoms with Crippen molar-refractivity contribution in [3.05, 3.63) is 17.5 Å². The van der Waals surface area contributed by atoms with Crippen molar-refractivity contribution in [2.75, 3.05) is 19.7 Å². The van der Waals surface area contributed by atoms with Crippen molar-refractivity contribution in [1.29, 1.82) is 0 Å². The first-order chi connectivity index (χ1) is 9.72. The number of aryl methyl sites for hydroxylation is 2. The minimum atomic E-state index is 0.140. The number of hydrogen-bond acceptors (Lipinski definition) is 4. The minimum absolute atomic E-state index is 0.140. The fourth-order valence-electron chi connectivity index (χ4n) is 2.53. The topological polar surface area (TPSA) is 56.1 Å². The zero-order valence-electron chi connectivity index (χ0n) is 12.5. The lowest BCUT2D eigenvalue weighted by Crippen LogP contribution is -2.33. The average molecular weight is 279 g/mol. The summed E-state index contributed by atoms with van der Waals surface area (Å²) >= 11 is 0.